The van der Waals surface area contributed by atoms with Gasteiger partial charge in [0, 0.05) is 31.5 Å². The van der Waals surface area contributed by atoms with Crippen molar-refractivity contribution in [1.82, 2.24) is 14.4 Å². The molecule has 0 fully saturated rings. The molecule has 0 unspecified atom stereocenters. The van der Waals surface area contributed by atoms with Crippen LogP contribution in [0.3, 0.4) is 0 Å². The minimum absolute atomic E-state index is 0.0307. The molecule has 0 aliphatic heterocycles. The average Bonchev–Trinajstić information content (AvgIpc) is 3.22. The van der Waals surface area contributed by atoms with E-state index in [9.17, 15) is 9.59 Å². The highest BCUT2D eigenvalue weighted by atomic mass is 16.2. The van der Waals surface area contributed by atoms with E-state index >= 15 is 0 Å². The van der Waals surface area contributed by atoms with Gasteiger partial charge in [-0.3, -0.25) is 9.59 Å². The molecule has 1 aromatic heterocycles. The summed E-state index contributed by atoms with van der Waals surface area (Å²) >= 11 is 0. The quantitative estimate of drug-likeness (QED) is 0.424. The van der Waals surface area contributed by atoms with Gasteiger partial charge >= 0.3 is 0 Å². The number of amides is 2. The Bertz CT molecular complexity index is 1020. The van der Waals surface area contributed by atoms with Gasteiger partial charge in [-0.05, 0) is 43.0 Å². The van der Waals surface area contributed by atoms with Crippen LogP contribution in [0.2, 0.25) is 0 Å². The Balaban J connectivity index is 1.88. The number of rotatable bonds is 10. The molecule has 0 aliphatic rings. The van der Waals surface area contributed by atoms with Crippen molar-refractivity contribution < 1.29 is 9.59 Å². The van der Waals surface area contributed by atoms with Crippen LogP contribution in [0.25, 0.3) is 0 Å². The maximum Gasteiger partial charge on any atom is 0.242 e. The highest BCUT2D eigenvalue weighted by molar-refractivity contribution is 5.91. The van der Waals surface area contributed by atoms with E-state index in [4.69, 9.17) is 0 Å². The van der Waals surface area contributed by atoms with Crippen LogP contribution in [0.5, 0.6) is 0 Å². The Morgan fingerprint density at radius 1 is 0.824 bits per heavy atom. The Morgan fingerprint density at radius 3 is 1.82 bits per heavy atom. The summed E-state index contributed by atoms with van der Waals surface area (Å²) in [5.74, 6) is -0.209. The van der Waals surface area contributed by atoms with Crippen LogP contribution < -0.4 is 0 Å². The Morgan fingerprint density at radius 2 is 1.38 bits per heavy atom. The van der Waals surface area contributed by atoms with Crippen LogP contribution >= 0.6 is 0 Å². The molecule has 5 heteroatoms. The standard InChI is InChI=1S/C29H37N3O2/c1-22(2)19-31(20-26-17-12-18-30(26)5)27(33)21-32(23(3)4)29(34)28(24-13-8-6-9-14-24)25-15-10-7-11-16-25/h6-18,22-23,28H,19-21H2,1-5H3. The monoisotopic (exact) mass is 459 g/mol. The predicted octanol–water partition coefficient (Wildman–Crippen LogP) is 5.08. The number of benzene rings is 2. The summed E-state index contributed by atoms with van der Waals surface area (Å²) in [4.78, 5) is 31.1. The fourth-order valence-electron chi connectivity index (χ4n) is 4.25. The van der Waals surface area contributed by atoms with Crippen LogP contribution in [-0.2, 0) is 23.2 Å². The van der Waals surface area contributed by atoms with Gasteiger partial charge in [0.25, 0.3) is 0 Å². The van der Waals surface area contributed by atoms with Crippen molar-refractivity contribution in [2.24, 2.45) is 13.0 Å². The molecule has 2 amide bonds. The second kappa shape index (κ2) is 11.7. The molecule has 180 valence electrons. The Kier molecular flexibility index (Phi) is 8.69. The zero-order valence-corrected chi connectivity index (χ0v) is 21.0. The summed E-state index contributed by atoms with van der Waals surface area (Å²) in [5, 5.41) is 0. The van der Waals surface area contributed by atoms with Crippen molar-refractivity contribution in [3.05, 3.63) is 95.8 Å². The number of nitrogens with zero attached hydrogens (tertiary/aromatic N) is 3. The third-order valence-corrected chi connectivity index (χ3v) is 6.07. The molecular formula is C29H37N3O2. The molecule has 0 atom stereocenters. The smallest absolute Gasteiger partial charge is 0.242 e. The molecule has 1 heterocycles. The number of carbonyl (C=O) groups excluding carboxylic acids is 2. The largest absolute Gasteiger partial charge is 0.353 e. The number of hydrogen-bond acceptors (Lipinski definition) is 2. The lowest BCUT2D eigenvalue weighted by molar-refractivity contribution is -0.143. The van der Waals surface area contributed by atoms with Gasteiger partial charge in [0.15, 0.2) is 0 Å². The molecule has 0 bridgehead atoms. The first kappa shape index (κ1) is 25.3. The van der Waals surface area contributed by atoms with E-state index in [0.29, 0.717) is 19.0 Å². The van der Waals surface area contributed by atoms with Gasteiger partial charge in [-0.1, -0.05) is 74.5 Å². The summed E-state index contributed by atoms with van der Waals surface area (Å²) in [7, 11) is 1.99. The SMILES string of the molecule is CC(C)CN(Cc1cccn1C)C(=O)CN(C(=O)C(c1ccccc1)c1ccccc1)C(C)C. The van der Waals surface area contributed by atoms with Crippen molar-refractivity contribution in [3.8, 4) is 0 Å². The lowest BCUT2D eigenvalue weighted by Gasteiger charge is -2.33. The molecule has 0 saturated heterocycles. The zero-order valence-electron chi connectivity index (χ0n) is 21.0. The maximum absolute atomic E-state index is 14.0. The van der Waals surface area contributed by atoms with E-state index in [1.165, 1.54) is 0 Å². The third-order valence-electron chi connectivity index (χ3n) is 6.07. The highest BCUT2D eigenvalue weighted by Gasteiger charge is 2.31. The molecule has 0 N–H and O–H groups in total. The Hall–Kier alpha value is -3.34. The van der Waals surface area contributed by atoms with Crippen molar-refractivity contribution >= 4 is 11.8 Å². The lowest BCUT2D eigenvalue weighted by atomic mass is 9.89. The molecule has 0 aliphatic carbocycles. The van der Waals surface area contributed by atoms with Gasteiger partial charge in [0.05, 0.1) is 12.5 Å². The van der Waals surface area contributed by atoms with Crippen LogP contribution in [0.4, 0.5) is 0 Å². The first-order chi connectivity index (χ1) is 16.3. The molecule has 3 aromatic rings. The second-order valence-electron chi connectivity index (χ2n) is 9.59. The minimum Gasteiger partial charge on any atom is -0.353 e. The summed E-state index contributed by atoms with van der Waals surface area (Å²) in [6, 6.07) is 23.6. The number of hydrogen-bond donors (Lipinski definition) is 0. The van der Waals surface area contributed by atoms with Crippen molar-refractivity contribution in [1.29, 1.82) is 0 Å². The van der Waals surface area contributed by atoms with E-state index in [-0.39, 0.29) is 24.4 Å². The average molecular weight is 460 g/mol. The number of carbonyl (C=O) groups is 2. The van der Waals surface area contributed by atoms with Gasteiger partial charge in [0.1, 0.15) is 6.54 Å². The van der Waals surface area contributed by atoms with Crippen LogP contribution in [0.1, 0.15) is 50.4 Å². The van der Waals surface area contributed by atoms with Crippen LogP contribution in [-0.4, -0.2) is 45.3 Å². The van der Waals surface area contributed by atoms with Gasteiger partial charge < -0.3 is 14.4 Å². The highest BCUT2D eigenvalue weighted by Crippen LogP contribution is 2.28. The van der Waals surface area contributed by atoms with Crippen molar-refractivity contribution in [2.45, 2.75) is 46.2 Å². The summed E-state index contributed by atoms with van der Waals surface area (Å²) < 4.78 is 2.03. The molecule has 0 radical (unpaired) electrons. The third kappa shape index (κ3) is 6.37. The number of aromatic nitrogens is 1. The van der Waals surface area contributed by atoms with Crippen LogP contribution in [0.15, 0.2) is 79.0 Å². The Labute approximate surface area is 204 Å². The molecule has 2 aromatic carbocycles. The predicted molar refractivity (Wildman–Crippen MR) is 137 cm³/mol. The molecule has 34 heavy (non-hydrogen) atoms. The summed E-state index contributed by atoms with van der Waals surface area (Å²) in [6.45, 7) is 9.40. The van der Waals surface area contributed by atoms with Crippen molar-refractivity contribution in [2.75, 3.05) is 13.1 Å². The zero-order chi connectivity index (χ0) is 24.7. The van der Waals surface area contributed by atoms with E-state index in [2.05, 4.69) is 13.8 Å². The van der Waals surface area contributed by atoms with Crippen LogP contribution in [0, 0.1) is 5.92 Å². The van der Waals surface area contributed by atoms with Gasteiger partial charge in [-0.2, -0.15) is 0 Å². The number of aryl methyl sites for hydroxylation is 1. The molecule has 0 spiro atoms. The van der Waals surface area contributed by atoms with E-state index in [1.54, 1.807) is 4.90 Å². The van der Waals surface area contributed by atoms with Gasteiger partial charge in [0.2, 0.25) is 11.8 Å². The van der Waals surface area contributed by atoms with Gasteiger partial charge in [-0.15, -0.1) is 0 Å². The maximum atomic E-state index is 14.0. The second-order valence-corrected chi connectivity index (χ2v) is 9.59. The first-order valence-electron chi connectivity index (χ1n) is 12.1. The minimum atomic E-state index is -0.455. The fraction of sp³-hybridized carbons (Fsp3) is 0.379. The normalized spacial score (nSPS) is 11.3. The van der Waals surface area contributed by atoms with E-state index in [1.807, 2.05) is 109 Å². The van der Waals surface area contributed by atoms with E-state index < -0.39 is 5.92 Å². The molecule has 0 saturated carbocycles. The fourth-order valence-corrected chi connectivity index (χ4v) is 4.25. The molecule has 3 rings (SSSR count). The van der Waals surface area contributed by atoms with Crippen molar-refractivity contribution in [3.63, 3.8) is 0 Å². The lowest BCUT2D eigenvalue weighted by Crippen LogP contribution is -2.48. The summed E-state index contributed by atoms with van der Waals surface area (Å²) in [5.41, 5.74) is 2.93. The van der Waals surface area contributed by atoms with E-state index in [0.717, 1.165) is 16.8 Å². The molecule has 5 nitrogen and oxygen atoms in total. The van der Waals surface area contributed by atoms with Gasteiger partial charge in [-0.25, -0.2) is 0 Å². The summed E-state index contributed by atoms with van der Waals surface area (Å²) in [6.07, 6.45) is 1.99. The topological polar surface area (TPSA) is 45.6 Å². The first-order valence-corrected chi connectivity index (χ1v) is 12.1. The molecular weight excluding hydrogens is 422 g/mol.